The molecule has 0 amide bonds. The fourth-order valence-electron chi connectivity index (χ4n) is 6.16. The highest BCUT2D eigenvalue weighted by atomic mass is 31.2. The van der Waals surface area contributed by atoms with Crippen LogP contribution in [-0.4, -0.2) is 74.7 Å². The third-order valence-electron chi connectivity index (χ3n) is 9.12. The minimum atomic E-state index is -4.83. The molecule has 0 aromatic carbocycles. The molecule has 5 N–H and O–H groups in total. The van der Waals surface area contributed by atoms with E-state index in [0.29, 0.717) is 32.1 Å². The molecular formula is C41H69O11P. The van der Waals surface area contributed by atoms with Crippen LogP contribution in [0.3, 0.4) is 0 Å². The van der Waals surface area contributed by atoms with Gasteiger partial charge in [-0.15, -0.1) is 0 Å². The molecule has 53 heavy (non-hydrogen) atoms. The van der Waals surface area contributed by atoms with Gasteiger partial charge in [0.05, 0.1) is 24.9 Å². The molecule has 12 heteroatoms. The van der Waals surface area contributed by atoms with Crippen LogP contribution in [0.4, 0.5) is 0 Å². The van der Waals surface area contributed by atoms with Gasteiger partial charge in [-0.3, -0.25) is 14.1 Å². The van der Waals surface area contributed by atoms with E-state index in [-0.39, 0.29) is 31.3 Å². The largest absolute Gasteiger partial charge is 0.469 e. The van der Waals surface area contributed by atoms with Crippen LogP contribution in [0.15, 0.2) is 60.8 Å². The SMILES string of the molecule is CC/C=C\C/C=C\C/C=C\C/C=C\CCCCC(=O)OC[C@H](COP(=O)(O)O)OC(=O)CCCCCC[C@@H]1[C@@H](/C=C/[C@@H](O)CCCCC)[C@H](O)C[C@@H]1O. The Morgan fingerprint density at radius 1 is 0.755 bits per heavy atom. The van der Waals surface area contributed by atoms with Crippen molar-refractivity contribution in [2.45, 2.75) is 160 Å². The number of allylic oxidation sites excluding steroid dienone is 8. The summed E-state index contributed by atoms with van der Waals surface area (Å²) in [7, 11) is -4.83. The first-order valence-electron chi connectivity index (χ1n) is 19.8. The van der Waals surface area contributed by atoms with Crippen LogP contribution in [0.2, 0.25) is 0 Å². The third kappa shape index (κ3) is 27.0. The summed E-state index contributed by atoms with van der Waals surface area (Å²) in [6.45, 7) is 3.24. The van der Waals surface area contributed by atoms with Gasteiger partial charge in [0, 0.05) is 25.2 Å². The molecule has 0 aromatic rings. The average molecular weight is 769 g/mol. The zero-order valence-electron chi connectivity index (χ0n) is 32.2. The predicted molar refractivity (Wildman–Crippen MR) is 209 cm³/mol. The second kappa shape index (κ2) is 30.9. The van der Waals surface area contributed by atoms with Crippen LogP contribution < -0.4 is 0 Å². The lowest BCUT2D eigenvalue weighted by molar-refractivity contribution is -0.161. The molecule has 1 aliphatic carbocycles. The summed E-state index contributed by atoms with van der Waals surface area (Å²) in [6.07, 6.45) is 31.6. The van der Waals surface area contributed by atoms with Gasteiger partial charge >= 0.3 is 19.8 Å². The third-order valence-corrected chi connectivity index (χ3v) is 9.61. The van der Waals surface area contributed by atoms with Crippen LogP contribution in [0.25, 0.3) is 0 Å². The van der Waals surface area contributed by atoms with Crippen LogP contribution >= 0.6 is 7.82 Å². The normalized spacial score (nSPS) is 20.8. The molecule has 1 saturated carbocycles. The van der Waals surface area contributed by atoms with E-state index in [1.54, 1.807) is 6.08 Å². The van der Waals surface area contributed by atoms with E-state index in [2.05, 4.69) is 67.0 Å². The molecule has 0 unspecified atom stereocenters. The van der Waals surface area contributed by atoms with Crippen molar-refractivity contribution in [1.82, 2.24) is 0 Å². The van der Waals surface area contributed by atoms with Gasteiger partial charge in [-0.2, -0.15) is 0 Å². The first-order valence-corrected chi connectivity index (χ1v) is 21.4. The van der Waals surface area contributed by atoms with Gasteiger partial charge in [-0.05, 0) is 70.1 Å². The van der Waals surface area contributed by atoms with Crippen LogP contribution in [0.5, 0.6) is 0 Å². The van der Waals surface area contributed by atoms with E-state index in [0.717, 1.165) is 77.0 Å². The number of aliphatic hydroxyl groups excluding tert-OH is 3. The fourth-order valence-corrected chi connectivity index (χ4v) is 6.53. The maximum atomic E-state index is 12.5. The lowest BCUT2D eigenvalue weighted by atomic mass is 9.88. The molecule has 0 aromatic heterocycles. The molecular weight excluding hydrogens is 699 g/mol. The summed E-state index contributed by atoms with van der Waals surface area (Å²) in [5.41, 5.74) is 0. The topological polar surface area (TPSA) is 180 Å². The smallest absolute Gasteiger partial charge is 0.462 e. The molecule has 0 bridgehead atoms. The molecule has 1 rings (SSSR count). The second-order valence-corrected chi connectivity index (χ2v) is 15.1. The molecule has 0 radical (unpaired) electrons. The van der Waals surface area contributed by atoms with Crippen molar-refractivity contribution in [2.24, 2.45) is 11.8 Å². The fraction of sp³-hybridized carbons (Fsp3) is 0.707. The summed E-state index contributed by atoms with van der Waals surface area (Å²) < 4.78 is 26.3. The molecule has 0 saturated heterocycles. The molecule has 11 nitrogen and oxygen atoms in total. The quantitative estimate of drug-likeness (QED) is 0.0199. The van der Waals surface area contributed by atoms with Gasteiger partial charge in [0.25, 0.3) is 0 Å². The molecule has 0 spiro atoms. The number of aliphatic hydroxyl groups is 3. The summed E-state index contributed by atoms with van der Waals surface area (Å²) in [6, 6.07) is 0. The Balaban J connectivity index is 2.33. The summed E-state index contributed by atoms with van der Waals surface area (Å²) in [4.78, 5) is 43.0. The summed E-state index contributed by atoms with van der Waals surface area (Å²) in [5, 5.41) is 31.2. The van der Waals surface area contributed by atoms with Gasteiger partial charge < -0.3 is 34.6 Å². The van der Waals surface area contributed by atoms with Gasteiger partial charge in [-0.1, -0.05) is 113 Å². The van der Waals surface area contributed by atoms with Crippen molar-refractivity contribution < 1.29 is 53.3 Å². The standard InChI is InChI=1S/C41H69O11P/c1-3-5-7-8-9-10-11-12-13-14-15-16-17-18-23-27-40(45)50-32-35(33-51-53(47,48)49)52-41(46)28-24-20-19-22-26-36-37(39(44)31-38(36)43)30-29-34(42)25-21-6-4-2/h5,7,9-10,12-13,15-16,29-30,34-39,42-44H,3-4,6,8,11,14,17-28,31-33H2,1-2H3,(H2,47,48,49)/b7-5-,10-9-,13-12-,16-15-,30-29+/t34-,35+,36+,37+,38-,39+/m0/s1. The molecule has 0 heterocycles. The Morgan fingerprint density at radius 2 is 1.38 bits per heavy atom. The Morgan fingerprint density at radius 3 is 2.04 bits per heavy atom. The number of hydrogen-bond acceptors (Lipinski definition) is 9. The Kier molecular flexibility index (Phi) is 28.4. The maximum absolute atomic E-state index is 12.5. The number of phosphoric acid groups is 1. The molecule has 304 valence electrons. The maximum Gasteiger partial charge on any atom is 0.469 e. The van der Waals surface area contributed by atoms with Gasteiger partial charge in [0.15, 0.2) is 6.10 Å². The first-order chi connectivity index (χ1) is 25.5. The van der Waals surface area contributed by atoms with Gasteiger partial charge in [0.1, 0.15) is 6.61 Å². The zero-order chi connectivity index (χ0) is 39.2. The minimum absolute atomic E-state index is 0.0731. The van der Waals surface area contributed by atoms with Crippen molar-refractivity contribution in [3.05, 3.63) is 60.8 Å². The second-order valence-electron chi connectivity index (χ2n) is 13.8. The van der Waals surface area contributed by atoms with E-state index in [1.807, 2.05) is 6.08 Å². The number of ether oxygens (including phenoxy) is 2. The molecule has 6 atom stereocenters. The average Bonchev–Trinajstić information content (AvgIpc) is 3.38. The Bertz CT molecular complexity index is 1160. The van der Waals surface area contributed by atoms with Crippen LogP contribution in [-0.2, 0) is 28.2 Å². The first kappa shape index (κ1) is 48.6. The number of unbranched alkanes of at least 4 members (excludes halogenated alkanes) is 7. The molecule has 0 aliphatic heterocycles. The van der Waals surface area contributed by atoms with Crippen molar-refractivity contribution in [2.75, 3.05) is 13.2 Å². The molecule has 1 aliphatic rings. The highest BCUT2D eigenvalue weighted by Gasteiger charge is 2.39. The van der Waals surface area contributed by atoms with Crippen molar-refractivity contribution in [3.63, 3.8) is 0 Å². The predicted octanol–water partition coefficient (Wildman–Crippen LogP) is 8.11. The van der Waals surface area contributed by atoms with E-state index >= 15 is 0 Å². The monoisotopic (exact) mass is 768 g/mol. The van der Waals surface area contributed by atoms with E-state index < -0.39 is 50.8 Å². The van der Waals surface area contributed by atoms with Crippen molar-refractivity contribution in [1.29, 1.82) is 0 Å². The number of carbonyl (C=O) groups excluding carboxylic acids is 2. The van der Waals surface area contributed by atoms with Gasteiger partial charge in [-0.25, -0.2) is 4.57 Å². The highest BCUT2D eigenvalue weighted by molar-refractivity contribution is 7.46. The minimum Gasteiger partial charge on any atom is -0.462 e. The number of phosphoric ester groups is 1. The van der Waals surface area contributed by atoms with E-state index in [1.165, 1.54) is 0 Å². The molecule has 1 fully saturated rings. The van der Waals surface area contributed by atoms with E-state index in [9.17, 15) is 29.5 Å². The lowest BCUT2D eigenvalue weighted by Crippen LogP contribution is -2.29. The van der Waals surface area contributed by atoms with Crippen molar-refractivity contribution in [3.8, 4) is 0 Å². The Hall–Kier alpha value is -2.37. The lowest BCUT2D eigenvalue weighted by Gasteiger charge is -2.21. The van der Waals surface area contributed by atoms with Crippen LogP contribution in [0.1, 0.15) is 136 Å². The van der Waals surface area contributed by atoms with Crippen molar-refractivity contribution >= 4 is 19.8 Å². The van der Waals surface area contributed by atoms with E-state index in [4.69, 9.17) is 19.3 Å². The highest BCUT2D eigenvalue weighted by Crippen LogP contribution is 2.38. The Labute approximate surface area is 318 Å². The zero-order valence-corrected chi connectivity index (χ0v) is 33.1. The summed E-state index contributed by atoms with van der Waals surface area (Å²) >= 11 is 0. The van der Waals surface area contributed by atoms with Gasteiger partial charge in [0.2, 0.25) is 0 Å². The number of hydrogen-bond donors (Lipinski definition) is 5. The number of esters is 2. The summed E-state index contributed by atoms with van der Waals surface area (Å²) in [5.74, 6) is -1.39. The van der Waals surface area contributed by atoms with Crippen LogP contribution in [0, 0.1) is 11.8 Å². The number of carbonyl (C=O) groups is 2. The number of rotatable bonds is 31.